The van der Waals surface area contributed by atoms with E-state index in [9.17, 15) is 9.18 Å². The van der Waals surface area contributed by atoms with E-state index in [2.05, 4.69) is 5.32 Å². The quantitative estimate of drug-likeness (QED) is 0.854. The fraction of sp³-hybridized carbons (Fsp3) is 0.267. The fourth-order valence-electron chi connectivity index (χ4n) is 1.73. The van der Waals surface area contributed by atoms with Crippen molar-refractivity contribution in [2.45, 2.75) is 19.6 Å². The highest BCUT2D eigenvalue weighted by Crippen LogP contribution is 2.13. The van der Waals surface area contributed by atoms with Crippen LogP contribution >= 0.6 is 0 Å². The minimum atomic E-state index is -0.320. The van der Waals surface area contributed by atoms with Gasteiger partial charge in [-0.3, -0.25) is 4.79 Å². The van der Waals surface area contributed by atoms with Gasteiger partial charge in [-0.05, 0) is 37.3 Å². The molecule has 0 radical (unpaired) electrons. The van der Waals surface area contributed by atoms with Crippen molar-refractivity contribution in [2.24, 2.45) is 5.73 Å². The summed E-state index contributed by atoms with van der Waals surface area (Å²) in [6, 6.07) is 7.32. The number of nitrogens with two attached hydrogens (primary N) is 1. The van der Waals surface area contributed by atoms with Crippen LogP contribution in [0, 0.1) is 5.82 Å². The molecule has 3 N–H and O–H groups in total. The van der Waals surface area contributed by atoms with E-state index >= 15 is 0 Å². The molecule has 1 aromatic carbocycles. The first-order valence-electron chi connectivity index (χ1n) is 6.56. The summed E-state index contributed by atoms with van der Waals surface area (Å²) in [6.07, 6.45) is 1.11. The van der Waals surface area contributed by atoms with Crippen LogP contribution in [0.4, 0.5) is 4.39 Å². The van der Waals surface area contributed by atoms with Gasteiger partial charge in [-0.1, -0.05) is 0 Å². The van der Waals surface area contributed by atoms with Crippen LogP contribution in [0.1, 0.15) is 23.0 Å². The third-order valence-electron chi connectivity index (χ3n) is 2.82. The zero-order chi connectivity index (χ0) is 15.2. The lowest BCUT2D eigenvalue weighted by atomic mass is 10.2. The van der Waals surface area contributed by atoms with Gasteiger partial charge in [0.25, 0.3) is 5.91 Å². The van der Waals surface area contributed by atoms with Crippen LogP contribution < -0.4 is 15.8 Å². The van der Waals surface area contributed by atoms with Crippen molar-refractivity contribution in [1.29, 1.82) is 0 Å². The molecule has 0 bridgehead atoms. The maximum Gasteiger partial charge on any atom is 0.254 e. The Morgan fingerprint density at radius 3 is 2.76 bits per heavy atom. The monoisotopic (exact) mass is 292 g/mol. The molecule has 0 aliphatic heterocycles. The highest BCUT2D eigenvalue weighted by Gasteiger charge is 2.11. The van der Waals surface area contributed by atoms with E-state index in [1.165, 1.54) is 30.5 Å². The van der Waals surface area contributed by atoms with Crippen molar-refractivity contribution in [1.82, 2.24) is 5.32 Å². The molecule has 2 aromatic rings. The van der Waals surface area contributed by atoms with Gasteiger partial charge in [0.15, 0.2) is 0 Å². The first-order chi connectivity index (χ1) is 10.1. The van der Waals surface area contributed by atoms with Crippen LogP contribution in [0.3, 0.4) is 0 Å². The molecule has 1 heterocycles. The van der Waals surface area contributed by atoms with E-state index in [1.807, 2.05) is 6.92 Å². The molecule has 0 aliphatic carbocycles. The van der Waals surface area contributed by atoms with Gasteiger partial charge < -0.3 is 20.2 Å². The molecular formula is C15H17FN2O3. The summed E-state index contributed by atoms with van der Waals surface area (Å²) in [6.45, 7) is 2.38. The summed E-state index contributed by atoms with van der Waals surface area (Å²) in [5.41, 5.74) is 5.83. The van der Waals surface area contributed by atoms with Gasteiger partial charge in [0.1, 0.15) is 29.7 Å². The zero-order valence-corrected chi connectivity index (χ0v) is 11.6. The average Bonchev–Trinajstić information content (AvgIpc) is 2.96. The van der Waals surface area contributed by atoms with E-state index in [4.69, 9.17) is 14.9 Å². The Hall–Kier alpha value is -2.34. The van der Waals surface area contributed by atoms with Gasteiger partial charge in [-0.2, -0.15) is 0 Å². The number of hydrogen-bond acceptors (Lipinski definition) is 4. The number of benzene rings is 1. The van der Waals surface area contributed by atoms with Crippen molar-refractivity contribution in [3.05, 3.63) is 53.7 Å². The first-order valence-corrected chi connectivity index (χ1v) is 6.56. The molecule has 5 nitrogen and oxygen atoms in total. The van der Waals surface area contributed by atoms with E-state index in [-0.39, 0.29) is 24.4 Å². The number of amides is 1. The van der Waals surface area contributed by atoms with Crippen LogP contribution in [-0.2, 0) is 6.54 Å². The molecule has 0 spiro atoms. The van der Waals surface area contributed by atoms with Crippen molar-refractivity contribution >= 4 is 5.91 Å². The number of carbonyl (C=O) groups is 1. The van der Waals surface area contributed by atoms with E-state index in [0.717, 1.165) is 0 Å². The minimum absolute atomic E-state index is 0.247. The van der Waals surface area contributed by atoms with Crippen LogP contribution in [-0.4, -0.2) is 18.6 Å². The predicted molar refractivity (Wildman–Crippen MR) is 75.4 cm³/mol. The maximum atomic E-state index is 12.8. The van der Waals surface area contributed by atoms with E-state index in [1.54, 1.807) is 6.07 Å². The van der Waals surface area contributed by atoms with Gasteiger partial charge in [0, 0.05) is 0 Å². The van der Waals surface area contributed by atoms with Crippen LogP contribution in [0.15, 0.2) is 41.0 Å². The van der Waals surface area contributed by atoms with Crippen molar-refractivity contribution in [3.63, 3.8) is 0 Å². The molecule has 1 amide bonds. The van der Waals surface area contributed by atoms with Crippen LogP contribution in [0.25, 0.3) is 0 Å². The Labute approximate surface area is 121 Å². The molecule has 112 valence electrons. The number of furan rings is 1. The number of ether oxygens (including phenoxy) is 1. The zero-order valence-electron chi connectivity index (χ0n) is 11.6. The molecule has 1 aromatic heterocycles. The van der Waals surface area contributed by atoms with Gasteiger partial charge in [-0.25, -0.2) is 4.39 Å². The topological polar surface area (TPSA) is 77.5 Å². The highest BCUT2D eigenvalue weighted by atomic mass is 19.1. The molecule has 1 atom stereocenters. The summed E-state index contributed by atoms with van der Waals surface area (Å²) in [5.74, 6) is 0.523. The maximum absolute atomic E-state index is 12.8. The predicted octanol–water partition coefficient (Wildman–Crippen LogP) is 2.07. The van der Waals surface area contributed by atoms with Crippen molar-refractivity contribution in [2.75, 3.05) is 6.54 Å². The molecule has 0 saturated heterocycles. The molecule has 21 heavy (non-hydrogen) atoms. The Bertz CT molecular complexity index is 595. The second-order valence-electron chi connectivity index (χ2n) is 4.60. The van der Waals surface area contributed by atoms with Gasteiger partial charge in [0.2, 0.25) is 0 Å². The second kappa shape index (κ2) is 6.90. The fourth-order valence-corrected chi connectivity index (χ4v) is 1.73. The lowest BCUT2D eigenvalue weighted by Crippen LogP contribution is -2.33. The molecular weight excluding hydrogens is 275 g/mol. The largest absolute Gasteiger partial charge is 0.489 e. The minimum Gasteiger partial charge on any atom is -0.489 e. The summed E-state index contributed by atoms with van der Waals surface area (Å²) in [7, 11) is 0. The van der Waals surface area contributed by atoms with E-state index < -0.39 is 0 Å². The number of rotatable bonds is 6. The Balaban J connectivity index is 1.81. The molecule has 1 unspecified atom stereocenters. The lowest BCUT2D eigenvalue weighted by molar-refractivity contribution is 0.0931. The summed E-state index contributed by atoms with van der Waals surface area (Å²) in [5, 5.41) is 2.73. The third-order valence-corrected chi connectivity index (χ3v) is 2.82. The summed E-state index contributed by atoms with van der Waals surface area (Å²) < 4.78 is 23.4. The average molecular weight is 292 g/mol. The van der Waals surface area contributed by atoms with Gasteiger partial charge in [-0.15, -0.1) is 0 Å². The number of halogens is 1. The lowest BCUT2D eigenvalue weighted by Gasteiger charge is -2.15. The SMILES string of the molecule is CC(CNC(=O)c1coc(CN)c1)Oc1ccc(F)cc1. The van der Waals surface area contributed by atoms with Crippen molar-refractivity contribution < 1.29 is 18.3 Å². The molecule has 0 fully saturated rings. The smallest absolute Gasteiger partial charge is 0.254 e. The molecule has 2 rings (SSSR count). The third kappa shape index (κ3) is 4.32. The van der Waals surface area contributed by atoms with Crippen LogP contribution in [0.5, 0.6) is 5.75 Å². The summed E-state index contributed by atoms with van der Waals surface area (Å²) in [4.78, 5) is 11.9. The molecule has 6 heteroatoms. The van der Waals surface area contributed by atoms with Crippen molar-refractivity contribution in [3.8, 4) is 5.75 Å². The Morgan fingerprint density at radius 1 is 1.43 bits per heavy atom. The standard InChI is InChI=1S/C15H17FN2O3/c1-10(21-13-4-2-12(16)3-5-13)8-18-15(19)11-6-14(7-17)20-9-11/h2-6,9-10H,7-8,17H2,1H3,(H,18,19). The Morgan fingerprint density at radius 2 is 2.14 bits per heavy atom. The van der Waals surface area contributed by atoms with Gasteiger partial charge >= 0.3 is 0 Å². The molecule has 0 saturated carbocycles. The highest BCUT2D eigenvalue weighted by molar-refractivity contribution is 5.93. The number of hydrogen-bond donors (Lipinski definition) is 2. The number of nitrogens with one attached hydrogen (secondary N) is 1. The first kappa shape index (κ1) is 15.1. The normalized spacial score (nSPS) is 12.0. The Kier molecular flexibility index (Phi) is 4.94. The summed E-state index contributed by atoms with van der Waals surface area (Å²) >= 11 is 0. The van der Waals surface area contributed by atoms with Gasteiger partial charge in [0.05, 0.1) is 18.7 Å². The second-order valence-corrected chi connectivity index (χ2v) is 4.60. The molecule has 0 aliphatic rings. The van der Waals surface area contributed by atoms with E-state index in [0.29, 0.717) is 23.6 Å². The number of carbonyl (C=O) groups excluding carboxylic acids is 1. The van der Waals surface area contributed by atoms with Crippen LogP contribution in [0.2, 0.25) is 0 Å².